The van der Waals surface area contributed by atoms with Gasteiger partial charge in [0.05, 0.1) is 26.7 Å². The fourth-order valence-electron chi connectivity index (χ4n) is 3.12. The summed E-state index contributed by atoms with van der Waals surface area (Å²) >= 11 is 0. The molecule has 0 radical (unpaired) electrons. The van der Waals surface area contributed by atoms with E-state index in [9.17, 15) is 9.59 Å². The zero-order valence-electron chi connectivity index (χ0n) is 15.8. The Hall–Kier alpha value is -3.12. The van der Waals surface area contributed by atoms with Crippen molar-refractivity contribution in [3.63, 3.8) is 0 Å². The second kappa shape index (κ2) is 9.19. The van der Waals surface area contributed by atoms with Crippen molar-refractivity contribution in [1.29, 1.82) is 0 Å². The standard InChI is InChI=1S/C22H23NO5/c1-27-21-9-5-17(14-18(21)15-22(25)26)20(24)8-4-16-2-6-19(7-3-16)23-10-12-28-13-11-23/h2-9,14H,10-13,15H2,1H3,(H,25,26)/b8-4+. The highest BCUT2D eigenvalue weighted by molar-refractivity contribution is 6.07. The average molecular weight is 381 g/mol. The van der Waals surface area contributed by atoms with E-state index in [0.29, 0.717) is 16.9 Å². The van der Waals surface area contributed by atoms with E-state index in [4.69, 9.17) is 14.6 Å². The number of nitrogens with zero attached hydrogens (tertiary/aromatic N) is 1. The molecule has 2 aromatic carbocycles. The zero-order chi connectivity index (χ0) is 19.9. The monoisotopic (exact) mass is 381 g/mol. The minimum absolute atomic E-state index is 0.188. The molecule has 6 nitrogen and oxygen atoms in total. The number of carbonyl (C=O) groups is 2. The number of ketones is 1. The first-order valence-corrected chi connectivity index (χ1v) is 9.10. The fourth-order valence-corrected chi connectivity index (χ4v) is 3.12. The predicted molar refractivity (Wildman–Crippen MR) is 107 cm³/mol. The highest BCUT2D eigenvalue weighted by Crippen LogP contribution is 2.22. The van der Waals surface area contributed by atoms with Gasteiger partial charge in [0.25, 0.3) is 0 Å². The van der Waals surface area contributed by atoms with E-state index in [1.807, 2.05) is 24.3 Å². The lowest BCUT2D eigenvalue weighted by Crippen LogP contribution is -2.36. The number of hydrogen-bond donors (Lipinski definition) is 1. The predicted octanol–water partition coefficient (Wildman–Crippen LogP) is 3.06. The first-order valence-electron chi connectivity index (χ1n) is 9.10. The van der Waals surface area contributed by atoms with Crippen LogP contribution >= 0.6 is 0 Å². The van der Waals surface area contributed by atoms with Gasteiger partial charge in [-0.05, 0) is 42.0 Å². The summed E-state index contributed by atoms with van der Waals surface area (Å²) in [5.74, 6) is -0.702. The van der Waals surface area contributed by atoms with Crippen molar-refractivity contribution in [1.82, 2.24) is 0 Å². The van der Waals surface area contributed by atoms with Crippen molar-refractivity contribution in [3.8, 4) is 5.75 Å². The quantitative estimate of drug-likeness (QED) is 0.587. The van der Waals surface area contributed by atoms with Crippen molar-refractivity contribution >= 4 is 23.5 Å². The summed E-state index contributed by atoms with van der Waals surface area (Å²) in [4.78, 5) is 25.7. The number of ether oxygens (including phenoxy) is 2. The van der Waals surface area contributed by atoms with Crippen molar-refractivity contribution in [2.75, 3.05) is 38.3 Å². The number of carboxylic acid groups (broad SMARTS) is 1. The third-order valence-electron chi connectivity index (χ3n) is 4.60. The fraction of sp³-hybridized carbons (Fsp3) is 0.273. The van der Waals surface area contributed by atoms with Crippen LogP contribution < -0.4 is 9.64 Å². The molecular weight excluding hydrogens is 358 g/mol. The molecule has 1 aliphatic rings. The molecule has 0 amide bonds. The molecule has 2 aromatic rings. The van der Waals surface area contributed by atoms with Gasteiger partial charge < -0.3 is 19.5 Å². The van der Waals surface area contributed by atoms with Gasteiger partial charge in [-0.25, -0.2) is 0 Å². The maximum absolute atomic E-state index is 12.5. The molecule has 0 unspecified atom stereocenters. The molecule has 0 aromatic heterocycles. The molecule has 146 valence electrons. The van der Waals surface area contributed by atoms with E-state index in [-0.39, 0.29) is 12.2 Å². The Kier molecular flexibility index (Phi) is 6.45. The van der Waals surface area contributed by atoms with Gasteiger partial charge in [-0.3, -0.25) is 9.59 Å². The number of aliphatic carboxylic acids is 1. The number of anilines is 1. The normalized spacial score (nSPS) is 14.2. The number of hydrogen-bond acceptors (Lipinski definition) is 5. The van der Waals surface area contributed by atoms with Crippen molar-refractivity contribution < 1.29 is 24.2 Å². The Morgan fingerprint density at radius 3 is 2.50 bits per heavy atom. The molecule has 0 spiro atoms. The third-order valence-corrected chi connectivity index (χ3v) is 4.60. The van der Waals surface area contributed by atoms with Crippen LogP contribution in [0.5, 0.6) is 5.75 Å². The van der Waals surface area contributed by atoms with Crippen LogP contribution in [0.15, 0.2) is 48.5 Å². The number of morpholine rings is 1. The van der Waals surface area contributed by atoms with Crippen LogP contribution in [0.25, 0.3) is 6.08 Å². The second-order valence-electron chi connectivity index (χ2n) is 6.49. The minimum Gasteiger partial charge on any atom is -0.496 e. The van der Waals surface area contributed by atoms with Gasteiger partial charge >= 0.3 is 5.97 Å². The lowest BCUT2D eigenvalue weighted by molar-refractivity contribution is -0.136. The molecule has 6 heteroatoms. The van der Waals surface area contributed by atoms with E-state index < -0.39 is 5.97 Å². The summed E-state index contributed by atoms with van der Waals surface area (Å²) in [7, 11) is 1.47. The topological polar surface area (TPSA) is 76.1 Å². The third kappa shape index (κ3) is 4.98. The van der Waals surface area contributed by atoms with Crippen molar-refractivity contribution in [3.05, 3.63) is 65.2 Å². The molecule has 3 rings (SSSR count). The van der Waals surface area contributed by atoms with Crippen LogP contribution in [0.4, 0.5) is 5.69 Å². The van der Waals surface area contributed by atoms with Gasteiger partial charge in [-0.2, -0.15) is 0 Å². The van der Waals surface area contributed by atoms with Crippen molar-refractivity contribution in [2.24, 2.45) is 0 Å². The maximum atomic E-state index is 12.5. The summed E-state index contributed by atoms with van der Waals surface area (Å²) in [6.45, 7) is 3.23. The van der Waals surface area contributed by atoms with Gasteiger partial charge in [0, 0.05) is 29.9 Å². The van der Waals surface area contributed by atoms with E-state index in [0.717, 1.165) is 37.6 Å². The molecule has 0 bridgehead atoms. The Balaban J connectivity index is 1.70. The molecule has 0 aliphatic carbocycles. The highest BCUT2D eigenvalue weighted by atomic mass is 16.5. The number of carboxylic acids is 1. The molecule has 1 aliphatic heterocycles. The van der Waals surface area contributed by atoms with E-state index in [2.05, 4.69) is 4.90 Å². The summed E-state index contributed by atoms with van der Waals surface area (Å²) in [6, 6.07) is 12.8. The molecule has 1 N–H and O–H groups in total. The van der Waals surface area contributed by atoms with Gasteiger partial charge in [0.1, 0.15) is 5.75 Å². The van der Waals surface area contributed by atoms with Gasteiger partial charge in [-0.1, -0.05) is 18.2 Å². The summed E-state index contributed by atoms with van der Waals surface area (Å²) < 4.78 is 10.5. The Morgan fingerprint density at radius 2 is 1.86 bits per heavy atom. The zero-order valence-corrected chi connectivity index (χ0v) is 15.8. The molecule has 1 fully saturated rings. The van der Waals surface area contributed by atoms with Gasteiger partial charge in [0.2, 0.25) is 0 Å². The second-order valence-corrected chi connectivity index (χ2v) is 6.49. The summed E-state index contributed by atoms with van der Waals surface area (Å²) in [5, 5.41) is 9.02. The van der Waals surface area contributed by atoms with Crippen LogP contribution in [0.3, 0.4) is 0 Å². The smallest absolute Gasteiger partial charge is 0.307 e. The molecule has 28 heavy (non-hydrogen) atoms. The first-order chi connectivity index (χ1) is 13.6. The van der Waals surface area contributed by atoms with E-state index in [1.54, 1.807) is 24.3 Å². The van der Waals surface area contributed by atoms with Gasteiger partial charge in [-0.15, -0.1) is 0 Å². The average Bonchev–Trinajstić information content (AvgIpc) is 2.72. The number of allylic oxidation sites excluding steroid dienone is 1. The van der Waals surface area contributed by atoms with Crippen LogP contribution in [0.2, 0.25) is 0 Å². The van der Waals surface area contributed by atoms with E-state index >= 15 is 0 Å². The van der Waals surface area contributed by atoms with E-state index in [1.165, 1.54) is 13.2 Å². The summed E-state index contributed by atoms with van der Waals surface area (Å²) in [5.41, 5.74) is 2.97. The van der Waals surface area contributed by atoms with Crippen LogP contribution in [0.1, 0.15) is 21.5 Å². The maximum Gasteiger partial charge on any atom is 0.307 e. The Bertz CT molecular complexity index is 867. The Morgan fingerprint density at radius 1 is 1.14 bits per heavy atom. The number of methoxy groups -OCH3 is 1. The highest BCUT2D eigenvalue weighted by Gasteiger charge is 2.12. The molecule has 0 saturated carbocycles. The lowest BCUT2D eigenvalue weighted by Gasteiger charge is -2.28. The Labute approximate surface area is 164 Å². The number of benzene rings is 2. The molecular formula is C22H23NO5. The molecule has 0 atom stereocenters. The number of carbonyl (C=O) groups excluding carboxylic acids is 1. The van der Waals surface area contributed by atoms with Gasteiger partial charge in [0.15, 0.2) is 5.78 Å². The number of rotatable bonds is 7. The minimum atomic E-state index is -0.973. The SMILES string of the molecule is COc1ccc(C(=O)/C=C/c2ccc(N3CCOCC3)cc2)cc1CC(=O)O. The van der Waals surface area contributed by atoms with Crippen LogP contribution in [-0.4, -0.2) is 50.3 Å². The van der Waals surface area contributed by atoms with Crippen LogP contribution in [0, 0.1) is 0 Å². The lowest BCUT2D eigenvalue weighted by atomic mass is 10.0. The molecule has 1 heterocycles. The van der Waals surface area contributed by atoms with Crippen LogP contribution in [-0.2, 0) is 16.0 Å². The first kappa shape index (κ1) is 19.6. The largest absolute Gasteiger partial charge is 0.496 e. The molecule has 1 saturated heterocycles. The van der Waals surface area contributed by atoms with Crippen molar-refractivity contribution in [2.45, 2.75) is 6.42 Å². The summed E-state index contributed by atoms with van der Waals surface area (Å²) in [6.07, 6.45) is 3.06.